The van der Waals surface area contributed by atoms with Gasteiger partial charge in [-0.3, -0.25) is 4.79 Å². The number of carbonyl (C=O) groups excluding carboxylic acids is 1. The minimum Gasteiger partial charge on any atom is -0.391 e. The lowest BCUT2D eigenvalue weighted by Gasteiger charge is -2.33. The number of hydrogen-bond acceptors (Lipinski definition) is 5. The Bertz CT molecular complexity index is 793. The number of pyridine rings is 1. The van der Waals surface area contributed by atoms with Crippen molar-refractivity contribution in [3.05, 3.63) is 28.4 Å². The molecule has 114 valence electrons. The summed E-state index contributed by atoms with van der Waals surface area (Å²) in [6, 6.07) is 3.64. The minimum absolute atomic E-state index is 0.132. The Hall–Kier alpha value is -2.10. The highest BCUT2D eigenvalue weighted by Gasteiger charge is 2.26. The number of piperidine rings is 1. The number of rotatable bonds is 2. The molecule has 1 aliphatic heterocycles. The van der Waals surface area contributed by atoms with Crippen molar-refractivity contribution in [3.63, 3.8) is 0 Å². The number of Topliss-reactive ketones (excluding diaryl/α,β-unsaturated/α-hetero) is 1. The van der Waals surface area contributed by atoms with Crippen LogP contribution in [0, 0.1) is 11.3 Å². The summed E-state index contributed by atoms with van der Waals surface area (Å²) in [7, 11) is 0. The van der Waals surface area contributed by atoms with Crippen molar-refractivity contribution in [1.29, 1.82) is 5.26 Å². The van der Waals surface area contributed by atoms with Gasteiger partial charge in [-0.2, -0.15) is 10.4 Å². The molecule has 2 aromatic heterocycles. The van der Waals surface area contributed by atoms with E-state index < -0.39 is 6.10 Å². The van der Waals surface area contributed by atoms with Crippen LogP contribution in [0.2, 0.25) is 5.02 Å². The maximum Gasteiger partial charge on any atom is 0.163 e. The summed E-state index contributed by atoms with van der Waals surface area (Å²) in [4.78, 5) is 13.9. The molecule has 0 unspecified atom stereocenters. The lowest BCUT2D eigenvalue weighted by molar-refractivity contribution is 0.101. The first-order valence-corrected chi connectivity index (χ1v) is 7.45. The van der Waals surface area contributed by atoms with Gasteiger partial charge in [0.1, 0.15) is 17.4 Å². The van der Waals surface area contributed by atoms with Gasteiger partial charge in [0.15, 0.2) is 5.78 Å². The quantitative estimate of drug-likeness (QED) is 0.857. The molecule has 0 radical (unpaired) electrons. The van der Waals surface area contributed by atoms with Crippen LogP contribution in [0.1, 0.15) is 35.7 Å². The lowest BCUT2D eigenvalue weighted by Crippen LogP contribution is -2.40. The molecule has 3 rings (SSSR count). The van der Waals surface area contributed by atoms with Crippen molar-refractivity contribution < 1.29 is 9.90 Å². The Morgan fingerprint density at radius 2 is 2.36 bits per heavy atom. The summed E-state index contributed by atoms with van der Waals surface area (Å²) < 4.78 is 1.54. The highest BCUT2D eigenvalue weighted by molar-refractivity contribution is 6.34. The Morgan fingerprint density at radius 1 is 1.59 bits per heavy atom. The topological polar surface area (TPSA) is 81.6 Å². The van der Waals surface area contributed by atoms with E-state index in [-0.39, 0.29) is 5.78 Å². The highest BCUT2D eigenvalue weighted by Crippen LogP contribution is 2.32. The van der Waals surface area contributed by atoms with E-state index in [1.807, 2.05) is 4.90 Å². The van der Waals surface area contributed by atoms with Crippen molar-refractivity contribution in [2.24, 2.45) is 0 Å². The van der Waals surface area contributed by atoms with Crippen LogP contribution in [-0.2, 0) is 0 Å². The van der Waals surface area contributed by atoms with E-state index in [2.05, 4.69) is 11.2 Å². The molecule has 1 N–H and O–H groups in total. The molecular weight excluding hydrogens is 304 g/mol. The maximum atomic E-state index is 12.0. The van der Waals surface area contributed by atoms with Crippen molar-refractivity contribution in [1.82, 2.24) is 9.61 Å². The molecule has 0 amide bonds. The largest absolute Gasteiger partial charge is 0.391 e. The Morgan fingerprint density at radius 3 is 3.00 bits per heavy atom. The van der Waals surface area contributed by atoms with E-state index in [0.717, 1.165) is 19.4 Å². The SMILES string of the molecule is CC(=O)c1cc(Cl)c2c(C#N)cnn2c1N1CCC[C@H](O)C1. The molecule has 6 nitrogen and oxygen atoms in total. The molecule has 0 bridgehead atoms. The van der Waals surface area contributed by atoms with Gasteiger partial charge >= 0.3 is 0 Å². The van der Waals surface area contributed by atoms with E-state index in [1.54, 1.807) is 6.07 Å². The first kappa shape index (κ1) is 14.8. The number of fused-ring (bicyclic) bond motifs is 1. The molecule has 0 aliphatic carbocycles. The van der Waals surface area contributed by atoms with Gasteiger partial charge in [-0.05, 0) is 25.8 Å². The van der Waals surface area contributed by atoms with Crippen molar-refractivity contribution in [2.75, 3.05) is 18.0 Å². The number of halogens is 1. The van der Waals surface area contributed by atoms with Crippen LogP contribution in [-0.4, -0.2) is 39.7 Å². The number of anilines is 1. The average molecular weight is 319 g/mol. The van der Waals surface area contributed by atoms with Crippen LogP contribution < -0.4 is 4.90 Å². The van der Waals surface area contributed by atoms with E-state index in [0.29, 0.717) is 34.0 Å². The second-order valence-electron chi connectivity index (χ2n) is 5.46. The zero-order valence-electron chi connectivity index (χ0n) is 12.1. The molecule has 1 aliphatic rings. The van der Waals surface area contributed by atoms with Crippen molar-refractivity contribution in [2.45, 2.75) is 25.9 Å². The first-order valence-electron chi connectivity index (χ1n) is 7.07. The molecule has 7 heteroatoms. The normalized spacial score (nSPS) is 18.5. The van der Waals surface area contributed by atoms with Crippen molar-refractivity contribution in [3.8, 4) is 6.07 Å². The summed E-state index contributed by atoms with van der Waals surface area (Å²) >= 11 is 6.24. The van der Waals surface area contributed by atoms with Crippen LogP contribution >= 0.6 is 11.6 Å². The first-order chi connectivity index (χ1) is 10.5. The van der Waals surface area contributed by atoms with Crippen LogP contribution in [0.25, 0.3) is 5.52 Å². The Balaban J connectivity index is 2.28. The summed E-state index contributed by atoms with van der Waals surface area (Å²) in [6.07, 6.45) is 2.57. The predicted molar refractivity (Wildman–Crippen MR) is 82.4 cm³/mol. The van der Waals surface area contributed by atoms with Crippen LogP contribution in [0.5, 0.6) is 0 Å². The number of carbonyl (C=O) groups is 1. The number of aliphatic hydroxyl groups excluding tert-OH is 1. The van der Waals surface area contributed by atoms with Crippen LogP contribution in [0.3, 0.4) is 0 Å². The molecule has 2 aromatic rings. The van der Waals surface area contributed by atoms with E-state index in [1.165, 1.54) is 17.6 Å². The maximum absolute atomic E-state index is 12.0. The lowest BCUT2D eigenvalue weighted by atomic mass is 10.1. The molecule has 0 saturated carbocycles. The predicted octanol–water partition coefficient (Wildman–Crippen LogP) is 2.02. The summed E-state index contributed by atoms with van der Waals surface area (Å²) in [5.74, 6) is 0.458. The number of nitrogens with zero attached hydrogens (tertiary/aromatic N) is 4. The van der Waals surface area contributed by atoms with Gasteiger partial charge in [-0.25, -0.2) is 4.52 Å². The molecule has 1 atom stereocenters. The number of hydrogen-bond donors (Lipinski definition) is 1. The van der Waals surface area contributed by atoms with Gasteiger partial charge in [0.05, 0.1) is 28.5 Å². The summed E-state index contributed by atoms with van der Waals surface area (Å²) in [5, 5.41) is 23.6. The fourth-order valence-electron chi connectivity index (χ4n) is 2.90. The van der Waals surface area contributed by atoms with Crippen molar-refractivity contribution >= 4 is 28.7 Å². The summed E-state index contributed by atoms with van der Waals surface area (Å²) in [6.45, 7) is 2.62. The third-order valence-corrected chi connectivity index (χ3v) is 4.19. The molecule has 3 heterocycles. The van der Waals surface area contributed by atoms with E-state index in [4.69, 9.17) is 11.6 Å². The van der Waals surface area contributed by atoms with Gasteiger partial charge < -0.3 is 10.0 Å². The molecule has 0 aromatic carbocycles. The average Bonchev–Trinajstić information content (AvgIpc) is 2.91. The third kappa shape index (κ3) is 2.32. The Kier molecular flexibility index (Phi) is 3.77. The fourth-order valence-corrected chi connectivity index (χ4v) is 3.20. The zero-order valence-corrected chi connectivity index (χ0v) is 12.8. The fraction of sp³-hybridized carbons (Fsp3) is 0.400. The van der Waals surface area contributed by atoms with Gasteiger partial charge in [0.25, 0.3) is 0 Å². The number of aromatic nitrogens is 2. The second-order valence-corrected chi connectivity index (χ2v) is 5.87. The highest BCUT2D eigenvalue weighted by atomic mass is 35.5. The number of nitriles is 1. The van der Waals surface area contributed by atoms with Crippen LogP contribution in [0.15, 0.2) is 12.3 Å². The molecule has 22 heavy (non-hydrogen) atoms. The Labute approximate surface area is 132 Å². The van der Waals surface area contributed by atoms with E-state index >= 15 is 0 Å². The monoisotopic (exact) mass is 318 g/mol. The zero-order chi connectivity index (χ0) is 15.9. The number of aliphatic hydroxyl groups is 1. The van der Waals surface area contributed by atoms with Crippen LogP contribution in [0.4, 0.5) is 5.82 Å². The van der Waals surface area contributed by atoms with Gasteiger partial charge in [0, 0.05) is 13.1 Å². The molecule has 0 spiro atoms. The minimum atomic E-state index is -0.440. The third-order valence-electron chi connectivity index (χ3n) is 3.90. The van der Waals surface area contributed by atoms with E-state index in [9.17, 15) is 15.2 Å². The van der Waals surface area contributed by atoms with Gasteiger partial charge in [0.2, 0.25) is 0 Å². The van der Waals surface area contributed by atoms with Gasteiger partial charge in [-0.1, -0.05) is 11.6 Å². The molecule has 1 fully saturated rings. The number of ketones is 1. The molecular formula is C15H15ClN4O2. The molecule has 1 saturated heterocycles. The standard InChI is InChI=1S/C15H15ClN4O2/c1-9(21)12-5-13(16)14-10(6-17)7-18-20(14)15(12)19-4-2-3-11(22)8-19/h5,7,11,22H,2-4,8H2,1H3/t11-/m0/s1. The number of β-amino-alcohol motifs (C(OH)–C–C–N with tert-alkyl or cyclic N) is 1. The summed E-state index contributed by atoms with van der Waals surface area (Å²) in [5.41, 5.74) is 1.29. The smallest absolute Gasteiger partial charge is 0.163 e. The van der Waals surface area contributed by atoms with Gasteiger partial charge in [-0.15, -0.1) is 0 Å². The second kappa shape index (κ2) is 5.59.